The molecule has 3 aromatic rings. The average molecular weight is 396 g/mol. The smallest absolute Gasteiger partial charge is 0.154 e. The molecule has 0 aliphatic carbocycles. The molecule has 1 N–H and O–H groups in total. The lowest BCUT2D eigenvalue weighted by molar-refractivity contribution is 0.105. The Morgan fingerprint density at radius 2 is 1.83 bits per heavy atom. The van der Waals surface area contributed by atoms with Crippen LogP contribution in [-0.2, 0) is 11.3 Å². The largest absolute Gasteiger partial charge is 0.375 e. The number of fused-ring (bicyclic) bond motifs is 1. The number of ether oxygens (including phenoxy) is 1. The highest BCUT2D eigenvalue weighted by Gasteiger charge is 2.11. The van der Waals surface area contributed by atoms with Gasteiger partial charge in [0.15, 0.2) is 5.65 Å². The lowest BCUT2D eigenvalue weighted by Crippen LogP contribution is -2.17. The molecular formula is C23H33N5O. The second-order valence-electron chi connectivity index (χ2n) is 8.92. The van der Waals surface area contributed by atoms with Gasteiger partial charge in [0.2, 0.25) is 0 Å². The van der Waals surface area contributed by atoms with Crippen molar-refractivity contribution in [1.29, 1.82) is 0 Å². The van der Waals surface area contributed by atoms with Crippen LogP contribution in [0.5, 0.6) is 0 Å². The monoisotopic (exact) mass is 395 g/mol. The van der Waals surface area contributed by atoms with E-state index in [0.29, 0.717) is 12.0 Å². The quantitative estimate of drug-likeness (QED) is 0.547. The first-order valence-electron chi connectivity index (χ1n) is 10.2. The van der Waals surface area contributed by atoms with E-state index in [1.54, 1.807) is 0 Å². The number of rotatable bonds is 9. The minimum atomic E-state index is 0.301. The lowest BCUT2D eigenvalue weighted by Gasteiger charge is -2.18. The molecule has 3 rings (SSSR count). The summed E-state index contributed by atoms with van der Waals surface area (Å²) in [6.45, 7) is 9.92. The molecule has 0 saturated heterocycles. The van der Waals surface area contributed by atoms with E-state index in [-0.39, 0.29) is 0 Å². The second-order valence-corrected chi connectivity index (χ2v) is 8.92. The molecule has 0 radical (unpaired) electrons. The van der Waals surface area contributed by atoms with Crippen molar-refractivity contribution < 1.29 is 4.74 Å². The topological polar surface area (TPSA) is 54.7 Å². The highest BCUT2D eigenvalue weighted by atomic mass is 16.5. The molecule has 6 nitrogen and oxygen atoms in total. The molecule has 2 heterocycles. The van der Waals surface area contributed by atoms with E-state index in [1.165, 1.54) is 5.56 Å². The van der Waals surface area contributed by atoms with Crippen molar-refractivity contribution in [2.45, 2.75) is 33.8 Å². The Bertz CT molecular complexity index is 909. The van der Waals surface area contributed by atoms with Crippen LogP contribution in [0.25, 0.3) is 16.9 Å². The maximum atomic E-state index is 5.73. The highest BCUT2D eigenvalue weighted by molar-refractivity contribution is 5.63. The predicted octanol–water partition coefficient (Wildman–Crippen LogP) is 4.32. The first-order chi connectivity index (χ1) is 13.8. The van der Waals surface area contributed by atoms with Crippen molar-refractivity contribution in [2.75, 3.05) is 39.1 Å². The maximum absolute atomic E-state index is 5.73. The van der Waals surface area contributed by atoms with Crippen molar-refractivity contribution in [3.63, 3.8) is 0 Å². The van der Waals surface area contributed by atoms with Crippen LogP contribution < -0.4 is 5.32 Å². The molecule has 6 heteroatoms. The molecule has 2 aromatic heterocycles. The van der Waals surface area contributed by atoms with Gasteiger partial charge in [0.1, 0.15) is 5.82 Å². The number of nitrogens with zero attached hydrogens (tertiary/aromatic N) is 4. The Hall–Kier alpha value is -2.44. The Labute approximate surface area is 173 Å². The maximum Gasteiger partial charge on any atom is 0.154 e. The molecule has 0 saturated carbocycles. The van der Waals surface area contributed by atoms with Gasteiger partial charge in [0, 0.05) is 18.7 Å². The number of imidazole rings is 1. The number of hydrogen-bond donors (Lipinski definition) is 1. The molecule has 29 heavy (non-hydrogen) atoms. The fourth-order valence-electron chi connectivity index (χ4n) is 2.94. The molecule has 0 atom stereocenters. The van der Waals surface area contributed by atoms with E-state index in [9.17, 15) is 0 Å². The van der Waals surface area contributed by atoms with Crippen LogP contribution in [-0.4, -0.2) is 53.3 Å². The van der Waals surface area contributed by atoms with Gasteiger partial charge in [-0.25, -0.2) is 9.50 Å². The van der Waals surface area contributed by atoms with E-state index in [1.807, 2.05) is 36.9 Å². The zero-order valence-electron chi connectivity index (χ0n) is 18.3. The minimum absolute atomic E-state index is 0.301. The summed E-state index contributed by atoms with van der Waals surface area (Å²) in [5.74, 6) is 0.868. The molecule has 0 spiro atoms. The minimum Gasteiger partial charge on any atom is -0.375 e. The zero-order valence-corrected chi connectivity index (χ0v) is 18.3. The van der Waals surface area contributed by atoms with Gasteiger partial charge in [-0.2, -0.15) is 0 Å². The van der Waals surface area contributed by atoms with E-state index < -0.39 is 0 Å². The Kier molecular flexibility index (Phi) is 6.87. The van der Waals surface area contributed by atoms with Crippen LogP contribution in [0, 0.1) is 5.41 Å². The summed E-state index contributed by atoms with van der Waals surface area (Å²) in [4.78, 5) is 6.62. The number of nitrogens with one attached hydrogen (secondary N) is 1. The summed E-state index contributed by atoms with van der Waals surface area (Å²) in [5, 5.41) is 8.17. The summed E-state index contributed by atoms with van der Waals surface area (Å²) >= 11 is 0. The summed E-state index contributed by atoms with van der Waals surface area (Å²) in [5.41, 5.74) is 4.39. The first-order valence-corrected chi connectivity index (χ1v) is 10.2. The van der Waals surface area contributed by atoms with Crippen molar-refractivity contribution in [3.8, 4) is 11.3 Å². The van der Waals surface area contributed by atoms with Gasteiger partial charge >= 0.3 is 0 Å². The Morgan fingerprint density at radius 1 is 1.07 bits per heavy atom. The second kappa shape index (κ2) is 9.37. The summed E-state index contributed by atoms with van der Waals surface area (Å²) in [6.07, 6.45) is 2.96. The van der Waals surface area contributed by atoms with E-state index in [4.69, 9.17) is 9.84 Å². The third-order valence-corrected chi connectivity index (χ3v) is 4.74. The predicted molar refractivity (Wildman–Crippen MR) is 119 cm³/mol. The Morgan fingerprint density at radius 3 is 2.52 bits per heavy atom. The van der Waals surface area contributed by atoms with Crippen molar-refractivity contribution in [3.05, 3.63) is 48.2 Å². The van der Waals surface area contributed by atoms with Crippen LogP contribution in [0.1, 0.15) is 32.8 Å². The number of aromatic nitrogens is 3. The fraction of sp³-hybridized carbons (Fsp3) is 0.478. The Balaban J connectivity index is 1.68. The number of anilines is 1. The molecule has 0 unspecified atom stereocenters. The third-order valence-electron chi connectivity index (χ3n) is 4.74. The summed E-state index contributed by atoms with van der Waals surface area (Å²) in [6, 6.07) is 12.4. The van der Waals surface area contributed by atoms with Crippen molar-refractivity contribution in [1.82, 2.24) is 19.5 Å². The van der Waals surface area contributed by atoms with Gasteiger partial charge in [-0.05, 0) is 43.6 Å². The summed E-state index contributed by atoms with van der Waals surface area (Å²) in [7, 11) is 4.10. The molecule has 0 aliphatic rings. The highest BCUT2D eigenvalue weighted by Crippen LogP contribution is 2.22. The van der Waals surface area contributed by atoms with Crippen LogP contribution in [0.15, 0.2) is 42.6 Å². The van der Waals surface area contributed by atoms with Crippen LogP contribution in [0.3, 0.4) is 0 Å². The van der Waals surface area contributed by atoms with Crippen LogP contribution in [0.2, 0.25) is 0 Å². The zero-order chi connectivity index (χ0) is 20.9. The van der Waals surface area contributed by atoms with E-state index in [0.717, 1.165) is 48.8 Å². The SMILES string of the molecule is CN(C)CCOCc1ccc(-c2cnc3ccc(NCCC(C)(C)C)nn23)cc1. The number of benzene rings is 1. The molecule has 0 amide bonds. The average Bonchev–Trinajstić information content (AvgIpc) is 3.08. The van der Waals surface area contributed by atoms with Crippen molar-refractivity contribution >= 4 is 11.5 Å². The van der Waals surface area contributed by atoms with Crippen molar-refractivity contribution in [2.24, 2.45) is 5.41 Å². The van der Waals surface area contributed by atoms with Gasteiger partial charge in [-0.1, -0.05) is 45.0 Å². The van der Waals surface area contributed by atoms with Crippen LogP contribution >= 0.6 is 0 Å². The molecule has 1 aromatic carbocycles. The van der Waals surface area contributed by atoms with E-state index in [2.05, 4.69) is 60.2 Å². The molecule has 156 valence electrons. The standard InChI is InChI=1S/C23H33N5O/c1-23(2,3)12-13-24-21-10-11-22-25-16-20(28(22)26-21)19-8-6-18(7-9-19)17-29-15-14-27(4)5/h6-11,16H,12-15,17H2,1-5H3,(H,24,26). The van der Waals surface area contributed by atoms with Gasteiger partial charge in [-0.3, -0.25) is 0 Å². The molecule has 0 aliphatic heterocycles. The molecule has 0 bridgehead atoms. The third kappa shape index (κ3) is 6.27. The van der Waals surface area contributed by atoms with Gasteiger partial charge in [0.25, 0.3) is 0 Å². The number of likely N-dealkylation sites (N-methyl/N-ethyl adjacent to an activating group) is 1. The van der Waals surface area contributed by atoms with Crippen LogP contribution in [0.4, 0.5) is 5.82 Å². The summed E-state index contributed by atoms with van der Waals surface area (Å²) < 4.78 is 7.63. The molecule has 0 fully saturated rings. The molecular weight excluding hydrogens is 362 g/mol. The van der Waals surface area contributed by atoms with E-state index >= 15 is 0 Å². The normalized spacial score (nSPS) is 12.1. The fourth-order valence-corrected chi connectivity index (χ4v) is 2.94. The first kappa shape index (κ1) is 21.3. The van der Waals surface area contributed by atoms with Gasteiger partial charge in [0.05, 0.1) is 25.1 Å². The van der Waals surface area contributed by atoms with Gasteiger partial charge < -0.3 is 15.0 Å². The lowest BCUT2D eigenvalue weighted by atomic mass is 9.92. The van der Waals surface area contributed by atoms with Gasteiger partial charge in [-0.15, -0.1) is 5.10 Å². The number of hydrogen-bond acceptors (Lipinski definition) is 5.